The van der Waals surface area contributed by atoms with Gasteiger partial charge in [0, 0.05) is 24.4 Å². The van der Waals surface area contributed by atoms with Crippen molar-refractivity contribution in [3.8, 4) is 0 Å². The number of carbonyl (C=O) groups is 2. The maximum atomic E-state index is 12.2. The molecule has 5 heteroatoms. The summed E-state index contributed by atoms with van der Waals surface area (Å²) in [6, 6.07) is 9.51. The summed E-state index contributed by atoms with van der Waals surface area (Å²) in [5, 5.41) is 3.91. The molecule has 1 heterocycles. The van der Waals surface area contributed by atoms with Crippen molar-refractivity contribution in [2.45, 2.75) is 25.9 Å². The van der Waals surface area contributed by atoms with E-state index in [1.54, 1.807) is 6.20 Å². The predicted octanol–water partition coefficient (Wildman–Crippen LogP) is 2.52. The van der Waals surface area contributed by atoms with E-state index < -0.39 is 0 Å². The van der Waals surface area contributed by atoms with Crippen LogP contribution in [-0.4, -0.2) is 23.0 Å². The molecule has 1 aliphatic carbocycles. The lowest BCUT2D eigenvalue weighted by atomic mass is 9.81. The van der Waals surface area contributed by atoms with E-state index in [0.717, 1.165) is 10.9 Å². The lowest BCUT2D eigenvalue weighted by molar-refractivity contribution is -0.155. The molecule has 1 aliphatic rings. The molecule has 1 saturated carbocycles. The standard InChI is InChI=1S/C16H16N2O3/c1-10(19)21-13-8-12(9-13)16(20)18-14-6-2-4-11-5-3-7-17-15(11)14/h2-7,12-13H,8-9H2,1H3,(H,18,20). The Balaban J connectivity index is 1.67. The Hall–Kier alpha value is -2.43. The molecule has 1 aromatic carbocycles. The van der Waals surface area contributed by atoms with Gasteiger partial charge in [0.25, 0.3) is 0 Å². The lowest BCUT2D eigenvalue weighted by Gasteiger charge is -2.33. The van der Waals surface area contributed by atoms with Gasteiger partial charge in [-0.3, -0.25) is 14.6 Å². The van der Waals surface area contributed by atoms with Gasteiger partial charge in [-0.25, -0.2) is 0 Å². The molecule has 1 fully saturated rings. The molecule has 1 aromatic heterocycles. The number of hydrogen-bond donors (Lipinski definition) is 1. The minimum atomic E-state index is -0.294. The molecule has 3 rings (SSSR count). The summed E-state index contributed by atoms with van der Waals surface area (Å²) in [6.07, 6.45) is 2.76. The Morgan fingerprint density at radius 3 is 2.76 bits per heavy atom. The zero-order chi connectivity index (χ0) is 14.8. The van der Waals surface area contributed by atoms with E-state index in [9.17, 15) is 9.59 Å². The second kappa shape index (κ2) is 5.52. The Labute approximate surface area is 122 Å². The molecule has 108 valence electrons. The Bertz CT molecular complexity index is 687. The maximum Gasteiger partial charge on any atom is 0.302 e. The zero-order valence-corrected chi connectivity index (χ0v) is 11.7. The Morgan fingerprint density at radius 2 is 2.00 bits per heavy atom. The van der Waals surface area contributed by atoms with Crippen molar-refractivity contribution in [3.05, 3.63) is 36.5 Å². The van der Waals surface area contributed by atoms with Gasteiger partial charge in [-0.05, 0) is 25.0 Å². The first-order valence-corrected chi connectivity index (χ1v) is 6.95. The van der Waals surface area contributed by atoms with Crippen molar-refractivity contribution in [2.24, 2.45) is 5.92 Å². The molecule has 0 bridgehead atoms. The Kier molecular flexibility index (Phi) is 3.56. The van der Waals surface area contributed by atoms with E-state index >= 15 is 0 Å². The minimum Gasteiger partial charge on any atom is -0.463 e. The predicted molar refractivity (Wildman–Crippen MR) is 78.7 cm³/mol. The number of nitrogens with one attached hydrogen (secondary N) is 1. The number of nitrogens with zero attached hydrogens (tertiary/aromatic N) is 1. The van der Waals surface area contributed by atoms with Crippen LogP contribution >= 0.6 is 0 Å². The summed E-state index contributed by atoms with van der Waals surface area (Å²) in [5.74, 6) is -0.443. The second-order valence-corrected chi connectivity index (χ2v) is 5.27. The number of ether oxygens (including phenoxy) is 1. The number of pyridine rings is 1. The van der Waals surface area contributed by atoms with Gasteiger partial charge in [-0.2, -0.15) is 0 Å². The van der Waals surface area contributed by atoms with Gasteiger partial charge in [0.2, 0.25) is 5.91 Å². The van der Waals surface area contributed by atoms with E-state index in [2.05, 4.69) is 10.3 Å². The van der Waals surface area contributed by atoms with E-state index in [1.165, 1.54) is 6.92 Å². The van der Waals surface area contributed by atoms with Crippen molar-refractivity contribution in [1.82, 2.24) is 4.98 Å². The first-order chi connectivity index (χ1) is 10.1. The van der Waals surface area contributed by atoms with Crippen molar-refractivity contribution >= 4 is 28.5 Å². The Morgan fingerprint density at radius 1 is 1.24 bits per heavy atom. The number of rotatable bonds is 3. The molecule has 0 radical (unpaired) electrons. The number of carbonyl (C=O) groups excluding carboxylic acids is 2. The molecule has 0 saturated heterocycles. The number of aromatic nitrogens is 1. The topological polar surface area (TPSA) is 68.3 Å². The fourth-order valence-electron chi connectivity index (χ4n) is 2.55. The van der Waals surface area contributed by atoms with Crippen LogP contribution in [0.4, 0.5) is 5.69 Å². The molecular formula is C16H16N2O3. The van der Waals surface area contributed by atoms with Crippen LogP contribution in [-0.2, 0) is 14.3 Å². The van der Waals surface area contributed by atoms with Crippen molar-refractivity contribution in [2.75, 3.05) is 5.32 Å². The highest BCUT2D eigenvalue weighted by atomic mass is 16.5. The highest BCUT2D eigenvalue weighted by Gasteiger charge is 2.36. The number of fused-ring (bicyclic) bond motifs is 1. The van der Waals surface area contributed by atoms with Gasteiger partial charge in [-0.15, -0.1) is 0 Å². The van der Waals surface area contributed by atoms with Crippen LogP contribution in [0.25, 0.3) is 10.9 Å². The van der Waals surface area contributed by atoms with Crippen LogP contribution in [0.15, 0.2) is 36.5 Å². The number of hydrogen-bond acceptors (Lipinski definition) is 4. The highest BCUT2D eigenvalue weighted by molar-refractivity contribution is 6.01. The van der Waals surface area contributed by atoms with Gasteiger partial charge in [-0.1, -0.05) is 18.2 Å². The van der Waals surface area contributed by atoms with Crippen LogP contribution in [0.1, 0.15) is 19.8 Å². The summed E-state index contributed by atoms with van der Waals surface area (Å²) < 4.78 is 5.06. The molecule has 0 spiro atoms. The molecule has 0 unspecified atom stereocenters. The summed E-state index contributed by atoms with van der Waals surface area (Å²) in [4.78, 5) is 27.3. The third kappa shape index (κ3) is 2.86. The monoisotopic (exact) mass is 284 g/mol. The van der Waals surface area contributed by atoms with Crippen LogP contribution in [0, 0.1) is 5.92 Å². The second-order valence-electron chi connectivity index (χ2n) is 5.27. The summed E-state index contributed by atoms with van der Waals surface area (Å²) >= 11 is 0. The molecule has 0 atom stereocenters. The van der Waals surface area contributed by atoms with Gasteiger partial charge in [0.05, 0.1) is 11.2 Å². The van der Waals surface area contributed by atoms with Crippen molar-refractivity contribution < 1.29 is 14.3 Å². The smallest absolute Gasteiger partial charge is 0.302 e. The van der Waals surface area contributed by atoms with Gasteiger partial charge in [0.15, 0.2) is 0 Å². The minimum absolute atomic E-state index is 0.0449. The number of anilines is 1. The molecule has 0 aliphatic heterocycles. The SMILES string of the molecule is CC(=O)OC1CC(C(=O)Nc2cccc3cccnc23)C1. The average Bonchev–Trinajstić information content (AvgIpc) is 2.42. The van der Waals surface area contributed by atoms with E-state index in [0.29, 0.717) is 18.5 Å². The largest absolute Gasteiger partial charge is 0.463 e. The van der Waals surface area contributed by atoms with Crippen LogP contribution < -0.4 is 5.32 Å². The van der Waals surface area contributed by atoms with Gasteiger partial charge >= 0.3 is 5.97 Å². The molecular weight excluding hydrogens is 268 g/mol. The fraction of sp³-hybridized carbons (Fsp3) is 0.312. The number of amides is 1. The van der Waals surface area contributed by atoms with E-state index in [4.69, 9.17) is 4.74 Å². The third-order valence-electron chi connectivity index (χ3n) is 3.69. The van der Waals surface area contributed by atoms with Gasteiger partial charge < -0.3 is 10.1 Å². The number of esters is 1. The highest BCUT2D eigenvalue weighted by Crippen LogP contribution is 2.32. The number of benzene rings is 1. The lowest BCUT2D eigenvalue weighted by Crippen LogP contribution is -2.40. The third-order valence-corrected chi connectivity index (χ3v) is 3.69. The van der Waals surface area contributed by atoms with Gasteiger partial charge in [0.1, 0.15) is 6.10 Å². The zero-order valence-electron chi connectivity index (χ0n) is 11.7. The van der Waals surface area contributed by atoms with Crippen molar-refractivity contribution in [3.63, 3.8) is 0 Å². The van der Waals surface area contributed by atoms with Crippen LogP contribution in [0.3, 0.4) is 0 Å². The average molecular weight is 284 g/mol. The fourth-order valence-corrected chi connectivity index (χ4v) is 2.55. The molecule has 2 aromatic rings. The summed E-state index contributed by atoms with van der Waals surface area (Å²) in [7, 11) is 0. The quantitative estimate of drug-likeness (QED) is 0.879. The van der Waals surface area contributed by atoms with E-state index in [-0.39, 0.29) is 23.9 Å². The molecule has 1 amide bonds. The summed E-state index contributed by atoms with van der Waals surface area (Å²) in [6.45, 7) is 1.38. The number of para-hydroxylation sites is 1. The molecule has 21 heavy (non-hydrogen) atoms. The normalized spacial score (nSPS) is 20.6. The summed E-state index contributed by atoms with van der Waals surface area (Å²) in [5.41, 5.74) is 1.50. The molecule has 1 N–H and O–H groups in total. The van der Waals surface area contributed by atoms with Crippen LogP contribution in [0.5, 0.6) is 0 Å². The first-order valence-electron chi connectivity index (χ1n) is 6.95. The van der Waals surface area contributed by atoms with Crippen LogP contribution in [0.2, 0.25) is 0 Å². The van der Waals surface area contributed by atoms with E-state index in [1.807, 2.05) is 30.3 Å². The molecule has 5 nitrogen and oxygen atoms in total. The maximum absolute atomic E-state index is 12.2. The first kappa shape index (κ1) is 13.5. The van der Waals surface area contributed by atoms with Crippen molar-refractivity contribution in [1.29, 1.82) is 0 Å².